The van der Waals surface area contributed by atoms with E-state index < -0.39 is 17.4 Å². The second kappa shape index (κ2) is 8.35. The van der Waals surface area contributed by atoms with Gasteiger partial charge in [-0.25, -0.2) is 0 Å². The Labute approximate surface area is 165 Å². The molecule has 1 saturated heterocycles. The van der Waals surface area contributed by atoms with Crippen LogP contribution in [0.2, 0.25) is 0 Å². The number of halogens is 1. The van der Waals surface area contributed by atoms with Crippen molar-refractivity contribution in [3.05, 3.63) is 18.2 Å². The monoisotopic (exact) mass is 398 g/mol. The molecule has 0 radical (unpaired) electrons. The number of anilines is 1. The number of carboxylic acids is 1. The van der Waals surface area contributed by atoms with E-state index in [-0.39, 0.29) is 24.2 Å². The molecule has 1 amide bonds. The van der Waals surface area contributed by atoms with E-state index >= 15 is 0 Å². The summed E-state index contributed by atoms with van der Waals surface area (Å²) in [5, 5.41) is 12.6. The molecule has 1 aromatic carbocycles. The largest absolute Gasteiger partial charge is 0.497 e. The number of nitrogens with zero attached hydrogens (tertiary/aromatic N) is 1. The predicted octanol–water partition coefficient (Wildman–Crippen LogP) is 2.64. The number of amides is 1. The number of ether oxygens (including phenoxy) is 2. The van der Waals surface area contributed by atoms with Crippen molar-refractivity contribution in [2.75, 3.05) is 32.6 Å². The molecule has 3 rings (SSSR count). The van der Waals surface area contributed by atoms with Gasteiger partial charge in [0.15, 0.2) is 0 Å². The maximum atomic E-state index is 12.7. The second-order valence-electron chi connectivity index (χ2n) is 7.21. The Hall–Kier alpha value is -1.99. The third-order valence-electron chi connectivity index (χ3n) is 5.92. The van der Waals surface area contributed by atoms with Crippen LogP contribution in [0, 0.1) is 11.3 Å². The van der Waals surface area contributed by atoms with Crippen LogP contribution >= 0.6 is 12.4 Å². The number of rotatable bonds is 6. The van der Waals surface area contributed by atoms with Gasteiger partial charge in [-0.3, -0.25) is 14.5 Å². The average molecular weight is 399 g/mol. The van der Waals surface area contributed by atoms with Gasteiger partial charge in [0, 0.05) is 19.2 Å². The molecule has 1 unspecified atom stereocenters. The summed E-state index contributed by atoms with van der Waals surface area (Å²) < 4.78 is 10.5. The number of carbonyl (C=O) groups excluding carboxylic acids is 1. The number of fused-ring (bicyclic) bond motifs is 1. The molecule has 1 aliphatic heterocycles. The van der Waals surface area contributed by atoms with Gasteiger partial charge >= 0.3 is 5.97 Å². The summed E-state index contributed by atoms with van der Waals surface area (Å²) in [4.78, 5) is 26.5. The summed E-state index contributed by atoms with van der Waals surface area (Å²) in [6.45, 7) is 2.91. The van der Waals surface area contributed by atoms with Crippen molar-refractivity contribution >= 4 is 30.0 Å². The number of hydrogen-bond donors (Lipinski definition) is 2. The molecule has 2 aliphatic rings. The molecule has 1 aromatic rings. The minimum atomic E-state index is -0.730. The summed E-state index contributed by atoms with van der Waals surface area (Å²) in [5.41, 5.74) is -0.121. The lowest BCUT2D eigenvalue weighted by Gasteiger charge is -2.26. The average Bonchev–Trinajstić information content (AvgIpc) is 3.19. The number of hydrogen-bond acceptors (Lipinski definition) is 5. The van der Waals surface area contributed by atoms with Gasteiger partial charge in [0.2, 0.25) is 5.91 Å². The van der Waals surface area contributed by atoms with Crippen LogP contribution in [0.15, 0.2) is 18.2 Å². The Balaban J connectivity index is 0.00000261. The summed E-state index contributed by atoms with van der Waals surface area (Å²) in [6.07, 6.45) is 2.57. The Morgan fingerprint density at radius 2 is 2.07 bits per heavy atom. The van der Waals surface area contributed by atoms with Crippen molar-refractivity contribution in [3.63, 3.8) is 0 Å². The number of carboxylic acid groups (broad SMARTS) is 1. The fourth-order valence-corrected chi connectivity index (χ4v) is 4.28. The minimum absolute atomic E-state index is 0. The van der Waals surface area contributed by atoms with E-state index in [0.717, 1.165) is 12.8 Å². The molecular weight excluding hydrogens is 372 g/mol. The third-order valence-corrected chi connectivity index (χ3v) is 5.92. The molecule has 0 bridgehead atoms. The summed E-state index contributed by atoms with van der Waals surface area (Å²) in [7, 11) is 3.10. The number of benzene rings is 1. The van der Waals surface area contributed by atoms with Gasteiger partial charge in [0.05, 0.1) is 31.4 Å². The quantitative estimate of drug-likeness (QED) is 0.765. The smallest absolute Gasteiger partial charge is 0.311 e. The number of carbonyl (C=O) groups is 2. The summed E-state index contributed by atoms with van der Waals surface area (Å²) in [5.74, 6) is 0.389. The highest BCUT2D eigenvalue weighted by Crippen LogP contribution is 2.49. The van der Waals surface area contributed by atoms with E-state index in [1.807, 2.05) is 11.8 Å². The molecule has 3 atom stereocenters. The number of nitrogens with one attached hydrogen (secondary N) is 1. The molecule has 1 heterocycles. The number of methoxy groups -OCH3 is 2. The van der Waals surface area contributed by atoms with E-state index in [1.165, 1.54) is 7.11 Å². The van der Waals surface area contributed by atoms with Crippen molar-refractivity contribution in [1.82, 2.24) is 4.90 Å². The number of aliphatic carboxylic acids is 1. The third kappa shape index (κ3) is 3.84. The summed E-state index contributed by atoms with van der Waals surface area (Å²) >= 11 is 0. The topological polar surface area (TPSA) is 88.1 Å². The Morgan fingerprint density at radius 1 is 1.33 bits per heavy atom. The molecule has 8 heteroatoms. The first-order valence-electron chi connectivity index (χ1n) is 8.91. The van der Waals surface area contributed by atoms with Crippen molar-refractivity contribution in [2.24, 2.45) is 11.3 Å². The van der Waals surface area contributed by atoms with Crippen molar-refractivity contribution < 1.29 is 24.2 Å². The van der Waals surface area contributed by atoms with Gasteiger partial charge in [-0.1, -0.05) is 6.42 Å². The molecule has 27 heavy (non-hydrogen) atoms. The normalized spacial score (nSPS) is 25.2. The van der Waals surface area contributed by atoms with Gasteiger partial charge in [-0.2, -0.15) is 0 Å². The lowest BCUT2D eigenvalue weighted by atomic mass is 9.81. The molecule has 1 saturated carbocycles. The van der Waals surface area contributed by atoms with Gasteiger partial charge in [0.1, 0.15) is 11.5 Å². The number of likely N-dealkylation sites (tertiary alicyclic amines) is 1. The highest BCUT2D eigenvalue weighted by atomic mass is 35.5. The van der Waals surface area contributed by atoms with Gasteiger partial charge in [-0.05, 0) is 37.8 Å². The second-order valence-corrected chi connectivity index (χ2v) is 7.21. The summed E-state index contributed by atoms with van der Waals surface area (Å²) in [6, 6.07) is 4.78. The van der Waals surface area contributed by atoms with Crippen molar-refractivity contribution in [3.8, 4) is 11.5 Å². The fourth-order valence-electron chi connectivity index (χ4n) is 4.28. The molecule has 150 valence electrons. The van der Waals surface area contributed by atoms with Crippen LogP contribution < -0.4 is 14.8 Å². The zero-order valence-electron chi connectivity index (χ0n) is 15.9. The van der Waals surface area contributed by atoms with Gasteiger partial charge < -0.3 is 19.9 Å². The van der Waals surface area contributed by atoms with E-state index in [1.54, 1.807) is 25.3 Å². The van der Waals surface area contributed by atoms with E-state index in [4.69, 9.17) is 9.47 Å². The highest BCUT2D eigenvalue weighted by molar-refractivity contribution is 5.96. The SMILES string of the molecule is COc1ccc(NC(=O)C(C)N2C[C@@H]3CCC[C@@]3(C(=O)O)C2)c(OC)c1.Cl. The van der Waals surface area contributed by atoms with Crippen LogP contribution in [0.5, 0.6) is 11.5 Å². The zero-order valence-corrected chi connectivity index (χ0v) is 16.7. The lowest BCUT2D eigenvalue weighted by molar-refractivity contribution is -0.149. The Morgan fingerprint density at radius 3 is 2.67 bits per heavy atom. The molecule has 2 fully saturated rings. The maximum Gasteiger partial charge on any atom is 0.311 e. The molecule has 0 spiro atoms. The molecular formula is C19H27ClN2O5. The Bertz CT molecular complexity index is 713. The molecule has 2 N–H and O–H groups in total. The Kier molecular flexibility index (Phi) is 6.59. The van der Waals surface area contributed by atoms with Crippen LogP contribution in [0.3, 0.4) is 0 Å². The standard InChI is InChI=1S/C19H26N2O5.ClH/c1-12(21-10-13-5-4-8-19(13,11-21)18(23)24)17(22)20-15-7-6-14(25-2)9-16(15)26-3;/h6-7,9,12-13H,4-5,8,10-11H2,1-3H3,(H,20,22)(H,23,24);1H/t12?,13-,19+;/m0./s1. The van der Waals surface area contributed by atoms with Crippen molar-refractivity contribution in [1.29, 1.82) is 0 Å². The van der Waals surface area contributed by atoms with Crippen molar-refractivity contribution in [2.45, 2.75) is 32.2 Å². The zero-order chi connectivity index (χ0) is 18.9. The predicted molar refractivity (Wildman–Crippen MR) is 104 cm³/mol. The van der Waals surface area contributed by atoms with Crippen LogP contribution in [0.1, 0.15) is 26.2 Å². The van der Waals surface area contributed by atoms with Crippen LogP contribution in [0.25, 0.3) is 0 Å². The first kappa shape index (κ1) is 21.3. The molecule has 0 aromatic heterocycles. The van der Waals surface area contributed by atoms with Crippen LogP contribution in [-0.2, 0) is 9.59 Å². The highest BCUT2D eigenvalue weighted by Gasteiger charge is 2.55. The first-order valence-corrected chi connectivity index (χ1v) is 8.91. The van der Waals surface area contributed by atoms with Crippen LogP contribution in [-0.4, -0.2) is 55.2 Å². The molecule has 1 aliphatic carbocycles. The van der Waals surface area contributed by atoms with E-state index in [0.29, 0.717) is 36.7 Å². The van der Waals surface area contributed by atoms with E-state index in [9.17, 15) is 14.7 Å². The maximum absolute atomic E-state index is 12.7. The molecule has 7 nitrogen and oxygen atoms in total. The minimum Gasteiger partial charge on any atom is -0.497 e. The first-order chi connectivity index (χ1) is 12.4. The van der Waals surface area contributed by atoms with E-state index in [2.05, 4.69) is 5.32 Å². The fraction of sp³-hybridized carbons (Fsp3) is 0.579. The lowest BCUT2D eigenvalue weighted by Crippen LogP contribution is -2.43. The van der Waals surface area contributed by atoms with Gasteiger partial charge in [0.25, 0.3) is 0 Å². The van der Waals surface area contributed by atoms with Gasteiger partial charge in [-0.15, -0.1) is 12.4 Å². The van der Waals surface area contributed by atoms with Crippen LogP contribution in [0.4, 0.5) is 5.69 Å².